The van der Waals surface area contributed by atoms with E-state index in [1.54, 1.807) is 24.3 Å². The lowest BCUT2D eigenvalue weighted by molar-refractivity contribution is 0.0730. The third-order valence-electron chi connectivity index (χ3n) is 4.85. The van der Waals surface area contributed by atoms with Gasteiger partial charge >= 0.3 is 0 Å². The maximum absolute atomic E-state index is 12.8. The first-order valence-electron chi connectivity index (χ1n) is 8.87. The van der Waals surface area contributed by atoms with Crippen LogP contribution in [0.2, 0.25) is 0 Å². The van der Waals surface area contributed by atoms with Gasteiger partial charge < -0.3 is 18.8 Å². The fourth-order valence-corrected chi connectivity index (χ4v) is 3.02. The molecule has 0 radical (unpaired) electrons. The average Bonchev–Trinajstić information content (AvgIpc) is 3.45. The number of carbonyl (C=O) groups is 1. The molecule has 0 aliphatic carbocycles. The molecule has 1 aliphatic rings. The van der Waals surface area contributed by atoms with Gasteiger partial charge in [0.1, 0.15) is 11.5 Å². The van der Waals surface area contributed by atoms with E-state index < -0.39 is 0 Å². The van der Waals surface area contributed by atoms with Crippen LogP contribution in [0.15, 0.2) is 47.1 Å². The van der Waals surface area contributed by atoms with Gasteiger partial charge in [-0.15, -0.1) is 0 Å². The Morgan fingerprint density at radius 3 is 2.93 bits per heavy atom. The summed E-state index contributed by atoms with van der Waals surface area (Å²) >= 11 is 0. The zero-order chi connectivity index (χ0) is 18.8. The van der Waals surface area contributed by atoms with Crippen molar-refractivity contribution in [2.24, 2.45) is 0 Å². The van der Waals surface area contributed by atoms with E-state index in [1.165, 1.54) is 0 Å². The second-order valence-corrected chi connectivity index (χ2v) is 6.62. The van der Waals surface area contributed by atoms with Crippen molar-refractivity contribution in [3.8, 4) is 22.8 Å². The lowest BCUT2D eigenvalue weighted by Crippen LogP contribution is -2.35. The average molecular weight is 367 g/mol. The van der Waals surface area contributed by atoms with E-state index in [0.29, 0.717) is 17.1 Å². The Bertz CT molecular complexity index is 933. The largest absolute Gasteiger partial charge is 0.469 e. The highest BCUT2D eigenvalue weighted by Gasteiger charge is 2.21. The molecule has 1 amide bonds. The zero-order valence-electron chi connectivity index (χ0n) is 15.3. The molecule has 7 heteroatoms. The lowest BCUT2D eigenvalue weighted by Gasteiger charge is -2.24. The lowest BCUT2D eigenvalue weighted by atomic mass is 10.1. The minimum Gasteiger partial charge on any atom is -0.469 e. The van der Waals surface area contributed by atoms with Gasteiger partial charge in [0.2, 0.25) is 6.79 Å². The van der Waals surface area contributed by atoms with Crippen molar-refractivity contribution in [2.45, 2.75) is 25.8 Å². The van der Waals surface area contributed by atoms with Crippen molar-refractivity contribution >= 4 is 5.91 Å². The molecule has 0 bridgehead atoms. The molecule has 0 fully saturated rings. The molecular weight excluding hydrogens is 346 g/mol. The highest BCUT2D eigenvalue weighted by atomic mass is 16.7. The van der Waals surface area contributed by atoms with Crippen LogP contribution in [-0.4, -0.2) is 40.9 Å². The monoisotopic (exact) mass is 367 g/mol. The third-order valence-corrected chi connectivity index (χ3v) is 4.85. The Morgan fingerprint density at radius 2 is 2.11 bits per heavy atom. The third kappa shape index (κ3) is 3.53. The highest BCUT2D eigenvalue weighted by Crippen LogP contribution is 2.35. The van der Waals surface area contributed by atoms with Crippen LogP contribution < -0.4 is 9.47 Å². The minimum absolute atomic E-state index is 0.0693. The number of H-pyrrole nitrogens is 1. The van der Waals surface area contributed by atoms with Gasteiger partial charge in [-0.2, -0.15) is 5.10 Å². The van der Waals surface area contributed by atoms with Crippen LogP contribution in [0.1, 0.15) is 29.6 Å². The first kappa shape index (κ1) is 17.2. The van der Waals surface area contributed by atoms with Gasteiger partial charge in [-0.3, -0.25) is 9.89 Å². The number of aryl methyl sites for hydroxylation is 1. The first-order chi connectivity index (χ1) is 13.1. The number of nitrogens with one attached hydrogen (secondary N) is 1. The van der Waals surface area contributed by atoms with E-state index in [9.17, 15) is 4.79 Å². The smallest absolute Gasteiger partial charge is 0.271 e. The Balaban J connectivity index is 1.43. The molecule has 2 aromatic heterocycles. The molecule has 3 heterocycles. The number of rotatable bonds is 6. The Kier molecular flexibility index (Phi) is 4.58. The van der Waals surface area contributed by atoms with Gasteiger partial charge in [-0.25, -0.2) is 0 Å². The van der Waals surface area contributed by atoms with Crippen molar-refractivity contribution in [3.05, 3.63) is 54.1 Å². The predicted molar refractivity (Wildman–Crippen MR) is 98.7 cm³/mol. The molecule has 0 spiro atoms. The topological polar surface area (TPSA) is 80.6 Å². The Morgan fingerprint density at radius 1 is 1.26 bits per heavy atom. The van der Waals surface area contributed by atoms with Crippen molar-refractivity contribution in [1.82, 2.24) is 15.1 Å². The molecule has 27 heavy (non-hydrogen) atoms. The standard InChI is InChI=1S/C20H21N3O4/c1-13(5-7-15-4-3-9-25-15)23(2)20(24)17-11-16(21-22-17)14-6-8-18-19(10-14)27-12-26-18/h3-4,6,8-11,13H,5,7,12H2,1-2H3,(H,21,22). The van der Waals surface area contributed by atoms with E-state index in [4.69, 9.17) is 13.9 Å². The number of hydrogen-bond donors (Lipinski definition) is 1. The molecular formula is C20H21N3O4. The predicted octanol–water partition coefficient (Wildman–Crippen LogP) is 3.49. The molecule has 3 aromatic rings. The quantitative estimate of drug-likeness (QED) is 0.721. The first-order valence-corrected chi connectivity index (χ1v) is 8.87. The summed E-state index contributed by atoms with van der Waals surface area (Å²) in [4.78, 5) is 14.5. The van der Waals surface area contributed by atoms with Crippen LogP contribution >= 0.6 is 0 Å². The zero-order valence-corrected chi connectivity index (χ0v) is 15.3. The fraction of sp³-hybridized carbons (Fsp3) is 0.300. The van der Waals surface area contributed by atoms with Crippen molar-refractivity contribution in [1.29, 1.82) is 0 Å². The van der Waals surface area contributed by atoms with Crippen molar-refractivity contribution in [3.63, 3.8) is 0 Å². The maximum Gasteiger partial charge on any atom is 0.271 e. The van der Waals surface area contributed by atoms with Crippen LogP contribution in [0.5, 0.6) is 11.5 Å². The summed E-state index contributed by atoms with van der Waals surface area (Å²) in [5, 5.41) is 7.12. The number of ether oxygens (including phenoxy) is 2. The van der Waals surface area contributed by atoms with E-state index in [1.807, 2.05) is 37.3 Å². The molecule has 0 saturated heterocycles. The molecule has 4 rings (SSSR count). The van der Waals surface area contributed by atoms with Gasteiger partial charge in [0.15, 0.2) is 11.5 Å². The van der Waals surface area contributed by atoms with Crippen LogP contribution in [0.3, 0.4) is 0 Å². The number of amides is 1. The second-order valence-electron chi connectivity index (χ2n) is 6.62. The van der Waals surface area contributed by atoms with E-state index in [-0.39, 0.29) is 18.7 Å². The summed E-state index contributed by atoms with van der Waals surface area (Å²) in [6.45, 7) is 2.25. The van der Waals surface area contributed by atoms with Crippen molar-refractivity contribution < 1.29 is 18.7 Å². The molecule has 1 unspecified atom stereocenters. The SMILES string of the molecule is CC(CCc1ccco1)N(C)C(=O)c1cc(-c2ccc3c(c2)OCO3)n[nH]1. The normalized spacial score (nSPS) is 13.6. The summed E-state index contributed by atoms with van der Waals surface area (Å²) in [6.07, 6.45) is 3.27. The Hall–Kier alpha value is -3.22. The fourth-order valence-electron chi connectivity index (χ4n) is 3.02. The summed E-state index contributed by atoms with van der Waals surface area (Å²) in [6, 6.07) is 11.3. The number of aromatic nitrogens is 2. The van der Waals surface area contributed by atoms with Crippen LogP contribution in [-0.2, 0) is 6.42 Å². The molecule has 1 aliphatic heterocycles. The van der Waals surface area contributed by atoms with Crippen molar-refractivity contribution in [2.75, 3.05) is 13.8 Å². The van der Waals surface area contributed by atoms with E-state index in [2.05, 4.69) is 10.2 Å². The maximum atomic E-state index is 12.8. The van der Waals surface area contributed by atoms with Gasteiger partial charge in [-0.1, -0.05) is 0 Å². The number of benzene rings is 1. The number of aromatic amines is 1. The molecule has 140 valence electrons. The van der Waals surface area contributed by atoms with Gasteiger partial charge in [0.05, 0.1) is 12.0 Å². The second kappa shape index (κ2) is 7.19. The summed E-state index contributed by atoms with van der Waals surface area (Å²) in [5.74, 6) is 2.23. The minimum atomic E-state index is -0.0959. The molecule has 0 saturated carbocycles. The molecule has 1 atom stereocenters. The van der Waals surface area contributed by atoms with Crippen LogP contribution in [0.4, 0.5) is 0 Å². The van der Waals surface area contributed by atoms with Crippen LogP contribution in [0, 0.1) is 0 Å². The summed E-state index contributed by atoms with van der Waals surface area (Å²) < 4.78 is 16.1. The number of hydrogen-bond acceptors (Lipinski definition) is 5. The van der Waals surface area contributed by atoms with E-state index in [0.717, 1.165) is 29.9 Å². The van der Waals surface area contributed by atoms with Gasteiger partial charge in [0, 0.05) is 25.1 Å². The summed E-state index contributed by atoms with van der Waals surface area (Å²) in [7, 11) is 1.80. The number of nitrogens with zero attached hydrogens (tertiary/aromatic N) is 2. The molecule has 1 N–H and O–H groups in total. The molecule has 1 aromatic carbocycles. The number of carbonyl (C=O) groups excluding carboxylic acids is 1. The van der Waals surface area contributed by atoms with E-state index >= 15 is 0 Å². The highest BCUT2D eigenvalue weighted by molar-refractivity contribution is 5.93. The van der Waals surface area contributed by atoms with Gasteiger partial charge in [0.25, 0.3) is 5.91 Å². The van der Waals surface area contributed by atoms with Crippen LogP contribution in [0.25, 0.3) is 11.3 Å². The Labute approximate surface area is 156 Å². The molecule has 7 nitrogen and oxygen atoms in total. The number of furan rings is 1. The number of fused-ring (bicyclic) bond motifs is 1. The summed E-state index contributed by atoms with van der Waals surface area (Å²) in [5.41, 5.74) is 2.01. The van der Waals surface area contributed by atoms with Gasteiger partial charge in [-0.05, 0) is 49.7 Å².